The second kappa shape index (κ2) is 9.00. The lowest BCUT2D eigenvalue weighted by atomic mass is 10.0. The molecule has 0 N–H and O–H groups in total. The number of anilines is 1. The van der Waals surface area contributed by atoms with Crippen LogP contribution in [0.3, 0.4) is 0 Å². The molecule has 0 aromatic heterocycles. The van der Waals surface area contributed by atoms with Crippen LogP contribution in [0.25, 0.3) is 0 Å². The first-order chi connectivity index (χ1) is 10.9. The maximum Gasteiger partial charge on any atom is 0.413 e. The van der Waals surface area contributed by atoms with Gasteiger partial charge in [-0.15, -0.1) is 0 Å². The van der Waals surface area contributed by atoms with Crippen LogP contribution in [0.2, 0.25) is 5.02 Å². The molecule has 0 bridgehead atoms. The SMILES string of the molecule is COC(=O)N(C)c1cc(C/C(C)=C/C=C/C=O)cc(OC)c1Cl. The first kappa shape index (κ1) is 18.8. The third-order valence-corrected chi connectivity index (χ3v) is 3.54. The van der Waals surface area contributed by atoms with Crippen molar-refractivity contribution in [2.45, 2.75) is 13.3 Å². The van der Waals surface area contributed by atoms with Gasteiger partial charge in [-0.3, -0.25) is 9.69 Å². The molecule has 5 nitrogen and oxygen atoms in total. The first-order valence-corrected chi connectivity index (χ1v) is 7.28. The van der Waals surface area contributed by atoms with E-state index in [-0.39, 0.29) is 0 Å². The van der Waals surface area contributed by atoms with Gasteiger partial charge in [-0.05, 0) is 37.1 Å². The van der Waals surface area contributed by atoms with Gasteiger partial charge < -0.3 is 9.47 Å². The van der Waals surface area contributed by atoms with Crippen LogP contribution in [0.1, 0.15) is 12.5 Å². The third kappa shape index (κ3) is 5.14. The molecule has 0 radical (unpaired) electrons. The fraction of sp³-hybridized carbons (Fsp3) is 0.294. The molecule has 1 rings (SSSR count). The highest BCUT2D eigenvalue weighted by molar-refractivity contribution is 6.35. The molecule has 0 aliphatic heterocycles. The smallest absolute Gasteiger partial charge is 0.413 e. The Morgan fingerprint density at radius 3 is 2.57 bits per heavy atom. The Bertz CT molecular complexity index is 638. The van der Waals surface area contributed by atoms with Crippen molar-refractivity contribution in [1.82, 2.24) is 0 Å². The van der Waals surface area contributed by atoms with E-state index < -0.39 is 6.09 Å². The van der Waals surface area contributed by atoms with Crippen LogP contribution >= 0.6 is 11.6 Å². The second-order valence-electron chi connectivity index (χ2n) is 4.87. The van der Waals surface area contributed by atoms with Gasteiger partial charge in [-0.2, -0.15) is 0 Å². The fourth-order valence-corrected chi connectivity index (χ4v) is 2.33. The molecule has 1 aromatic rings. The number of halogens is 1. The van der Waals surface area contributed by atoms with E-state index in [1.807, 2.05) is 25.1 Å². The van der Waals surface area contributed by atoms with E-state index >= 15 is 0 Å². The molecule has 0 aliphatic rings. The summed E-state index contributed by atoms with van der Waals surface area (Å²) >= 11 is 6.28. The van der Waals surface area contributed by atoms with Crippen molar-refractivity contribution in [1.29, 1.82) is 0 Å². The molecule has 124 valence electrons. The number of nitrogens with zero attached hydrogens (tertiary/aromatic N) is 1. The Labute approximate surface area is 141 Å². The second-order valence-corrected chi connectivity index (χ2v) is 5.25. The van der Waals surface area contributed by atoms with Crippen molar-refractivity contribution in [2.75, 3.05) is 26.2 Å². The van der Waals surface area contributed by atoms with Gasteiger partial charge in [0.05, 0.1) is 19.9 Å². The number of aldehydes is 1. The van der Waals surface area contributed by atoms with Crippen molar-refractivity contribution >= 4 is 29.7 Å². The van der Waals surface area contributed by atoms with Gasteiger partial charge in [-0.1, -0.05) is 29.3 Å². The summed E-state index contributed by atoms with van der Waals surface area (Å²) in [5.41, 5.74) is 2.47. The van der Waals surface area contributed by atoms with Gasteiger partial charge in [0, 0.05) is 7.05 Å². The van der Waals surface area contributed by atoms with Crippen LogP contribution < -0.4 is 9.64 Å². The van der Waals surface area contributed by atoms with Crippen molar-refractivity contribution < 1.29 is 19.1 Å². The molecular weight excluding hydrogens is 318 g/mol. The number of benzene rings is 1. The van der Waals surface area contributed by atoms with Gasteiger partial charge in [0.2, 0.25) is 0 Å². The van der Waals surface area contributed by atoms with Crippen LogP contribution in [0, 0.1) is 0 Å². The molecule has 0 unspecified atom stereocenters. The molecule has 0 spiro atoms. The summed E-state index contributed by atoms with van der Waals surface area (Å²) in [6, 6.07) is 3.63. The van der Waals surface area contributed by atoms with Crippen LogP contribution in [0.4, 0.5) is 10.5 Å². The Hall–Kier alpha value is -2.27. The van der Waals surface area contributed by atoms with E-state index in [4.69, 9.17) is 21.1 Å². The minimum Gasteiger partial charge on any atom is -0.495 e. The van der Waals surface area contributed by atoms with Crippen molar-refractivity contribution in [3.63, 3.8) is 0 Å². The molecule has 1 amide bonds. The average Bonchev–Trinajstić information content (AvgIpc) is 2.55. The first-order valence-electron chi connectivity index (χ1n) is 6.90. The molecule has 0 heterocycles. The molecule has 0 atom stereocenters. The van der Waals surface area contributed by atoms with Gasteiger partial charge in [-0.25, -0.2) is 4.79 Å². The Morgan fingerprint density at radius 2 is 2.00 bits per heavy atom. The van der Waals surface area contributed by atoms with Crippen molar-refractivity contribution in [3.8, 4) is 5.75 Å². The zero-order valence-electron chi connectivity index (χ0n) is 13.6. The lowest BCUT2D eigenvalue weighted by molar-refractivity contribution is -0.104. The minimum absolute atomic E-state index is 0.339. The zero-order chi connectivity index (χ0) is 17.4. The van der Waals surface area contributed by atoms with Crippen LogP contribution in [-0.4, -0.2) is 33.6 Å². The highest BCUT2D eigenvalue weighted by Crippen LogP contribution is 2.36. The molecule has 23 heavy (non-hydrogen) atoms. The summed E-state index contributed by atoms with van der Waals surface area (Å²) in [5, 5.41) is 0.339. The van der Waals surface area contributed by atoms with Gasteiger partial charge >= 0.3 is 6.09 Å². The quantitative estimate of drug-likeness (QED) is 0.450. The van der Waals surface area contributed by atoms with Crippen LogP contribution in [-0.2, 0) is 16.0 Å². The minimum atomic E-state index is -0.521. The number of rotatable bonds is 6. The Kier molecular flexibility index (Phi) is 7.35. The zero-order valence-corrected chi connectivity index (χ0v) is 14.4. The molecule has 0 fully saturated rings. The van der Waals surface area contributed by atoms with E-state index in [0.29, 0.717) is 22.9 Å². The number of methoxy groups -OCH3 is 2. The lowest BCUT2D eigenvalue weighted by Gasteiger charge is -2.20. The highest BCUT2D eigenvalue weighted by atomic mass is 35.5. The normalized spacial score (nSPS) is 11.4. The average molecular weight is 338 g/mol. The monoisotopic (exact) mass is 337 g/mol. The summed E-state index contributed by atoms with van der Waals surface area (Å²) in [6.45, 7) is 1.94. The Balaban J connectivity index is 3.19. The predicted molar refractivity (Wildman–Crippen MR) is 91.5 cm³/mol. The molecule has 0 aliphatic carbocycles. The topological polar surface area (TPSA) is 55.8 Å². The largest absolute Gasteiger partial charge is 0.495 e. The van der Waals surface area contributed by atoms with Crippen molar-refractivity contribution in [3.05, 3.63) is 46.5 Å². The number of amides is 1. The highest BCUT2D eigenvalue weighted by Gasteiger charge is 2.18. The number of ether oxygens (including phenoxy) is 2. The fourth-order valence-electron chi connectivity index (χ4n) is 2.01. The molecule has 0 saturated heterocycles. The van der Waals surface area contributed by atoms with Gasteiger partial charge in [0.1, 0.15) is 17.1 Å². The van der Waals surface area contributed by atoms with E-state index in [2.05, 4.69) is 0 Å². The van der Waals surface area contributed by atoms with Gasteiger partial charge in [0.15, 0.2) is 0 Å². The number of carbonyl (C=O) groups is 2. The standard InChI is InChI=1S/C17H20ClNO4/c1-12(7-5-6-8-20)9-13-10-14(19(2)17(21)23-4)16(18)15(11-13)22-3/h5-8,10-11H,9H2,1-4H3/b6-5+,12-7+. The Morgan fingerprint density at radius 1 is 1.30 bits per heavy atom. The lowest BCUT2D eigenvalue weighted by Crippen LogP contribution is -2.26. The maximum atomic E-state index is 11.7. The van der Waals surface area contributed by atoms with E-state index in [9.17, 15) is 9.59 Å². The molecule has 0 saturated carbocycles. The molecule has 6 heteroatoms. The van der Waals surface area contributed by atoms with Crippen molar-refractivity contribution in [2.24, 2.45) is 0 Å². The summed E-state index contributed by atoms with van der Waals surface area (Å²) in [5.74, 6) is 0.478. The maximum absolute atomic E-state index is 11.7. The summed E-state index contributed by atoms with van der Waals surface area (Å²) in [6.07, 6.45) is 5.77. The van der Waals surface area contributed by atoms with E-state index in [1.54, 1.807) is 13.1 Å². The van der Waals surface area contributed by atoms with Crippen LogP contribution in [0.5, 0.6) is 5.75 Å². The number of hydrogen-bond acceptors (Lipinski definition) is 4. The summed E-state index contributed by atoms with van der Waals surface area (Å²) in [7, 11) is 4.40. The number of hydrogen-bond donors (Lipinski definition) is 0. The number of allylic oxidation sites excluding steroid dienone is 4. The number of carbonyl (C=O) groups excluding carboxylic acids is 2. The third-order valence-electron chi connectivity index (χ3n) is 3.16. The van der Waals surface area contributed by atoms with Crippen LogP contribution in [0.15, 0.2) is 35.9 Å². The summed E-state index contributed by atoms with van der Waals surface area (Å²) < 4.78 is 9.99. The van der Waals surface area contributed by atoms with Gasteiger partial charge in [0.25, 0.3) is 0 Å². The predicted octanol–water partition coefficient (Wildman–Crippen LogP) is 3.80. The van der Waals surface area contributed by atoms with E-state index in [1.165, 1.54) is 25.2 Å². The molecule has 1 aromatic carbocycles. The van der Waals surface area contributed by atoms with E-state index in [0.717, 1.165) is 17.4 Å². The molecular formula is C17H20ClNO4. The summed E-state index contributed by atoms with van der Waals surface area (Å²) in [4.78, 5) is 23.3.